The monoisotopic (exact) mass is 501 g/mol. The van der Waals surface area contributed by atoms with Crippen molar-refractivity contribution in [2.24, 2.45) is 0 Å². The van der Waals surface area contributed by atoms with Gasteiger partial charge in [-0.15, -0.1) is 0 Å². The minimum absolute atomic E-state index is 0.0721. The minimum atomic E-state index is -0.523. The van der Waals surface area contributed by atoms with Crippen LogP contribution in [-0.4, -0.2) is 54.1 Å². The maximum absolute atomic E-state index is 12.6. The lowest BCUT2D eigenvalue weighted by Gasteiger charge is -2.34. The van der Waals surface area contributed by atoms with Gasteiger partial charge in [-0.2, -0.15) is 15.5 Å². The molecule has 10 heteroatoms. The molecule has 36 heavy (non-hydrogen) atoms. The summed E-state index contributed by atoms with van der Waals surface area (Å²) in [4.78, 5) is 20.5. The summed E-state index contributed by atoms with van der Waals surface area (Å²) < 4.78 is 9.25. The standard InChI is InChI=1S/C26H27N7O2S/c1-26(2,3)35-25(34)31-9-5-6-21(17-31)32-16-20(13-29-32)18-10-23(36-22-7-4-8-28-14-22)24-19(11-27)12-30-33(24)15-18/h4,7-8,10,12-16,21H,5-6,9,17H2,1-3H3. The van der Waals surface area contributed by atoms with Crippen LogP contribution in [0.5, 0.6) is 0 Å². The van der Waals surface area contributed by atoms with Crippen molar-refractivity contribution in [1.82, 2.24) is 29.3 Å². The van der Waals surface area contributed by atoms with Crippen LogP contribution in [0.25, 0.3) is 16.6 Å². The van der Waals surface area contributed by atoms with Gasteiger partial charge in [0.2, 0.25) is 0 Å². The van der Waals surface area contributed by atoms with E-state index >= 15 is 0 Å². The molecule has 1 amide bonds. The molecule has 184 valence electrons. The SMILES string of the molecule is CC(C)(C)OC(=O)N1CCCC(n2cc(-c3cc(Sc4cccnc4)c4c(C#N)cnn4c3)cn2)C1. The molecule has 4 aromatic heterocycles. The average molecular weight is 502 g/mol. The van der Waals surface area contributed by atoms with Crippen LogP contribution < -0.4 is 0 Å². The van der Waals surface area contributed by atoms with Crippen molar-refractivity contribution < 1.29 is 9.53 Å². The van der Waals surface area contributed by atoms with Crippen molar-refractivity contribution in [3.8, 4) is 17.2 Å². The Kier molecular flexibility index (Phi) is 6.41. The number of amides is 1. The van der Waals surface area contributed by atoms with Crippen LogP contribution in [0.3, 0.4) is 0 Å². The maximum atomic E-state index is 12.6. The lowest BCUT2D eigenvalue weighted by Crippen LogP contribution is -2.43. The van der Waals surface area contributed by atoms with Crippen molar-refractivity contribution in [1.29, 1.82) is 5.26 Å². The highest BCUT2D eigenvalue weighted by molar-refractivity contribution is 7.99. The normalized spacial score (nSPS) is 16.2. The van der Waals surface area contributed by atoms with E-state index in [1.54, 1.807) is 39.8 Å². The molecule has 1 unspecified atom stereocenters. The average Bonchev–Trinajstić information content (AvgIpc) is 3.51. The summed E-state index contributed by atoms with van der Waals surface area (Å²) in [5, 5.41) is 18.6. The summed E-state index contributed by atoms with van der Waals surface area (Å²) in [5.74, 6) is 0. The number of aromatic nitrogens is 5. The Labute approximate surface area is 213 Å². The van der Waals surface area contributed by atoms with Crippen LogP contribution in [-0.2, 0) is 4.74 Å². The van der Waals surface area contributed by atoms with E-state index in [4.69, 9.17) is 4.74 Å². The van der Waals surface area contributed by atoms with Crippen molar-refractivity contribution >= 4 is 23.4 Å². The first-order chi connectivity index (χ1) is 17.3. The molecule has 0 bridgehead atoms. The third kappa shape index (κ3) is 5.06. The van der Waals surface area contributed by atoms with Gasteiger partial charge >= 0.3 is 6.09 Å². The molecule has 1 saturated heterocycles. The third-order valence-electron chi connectivity index (χ3n) is 5.92. The molecule has 0 N–H and O–H groups in total. The molecule has 5 rings (SSSR count). The molecule has 0 spiro atoms. The van der Waals surface area contributed by atoms with Gasteiger partial charge in [0.15, 0.2) is 0 Å². The van der Waals surface area contributed by atoms with Crippen molar-refractivity contribution in [3.63, 3.8) is 0 Å². The molecule has 4 aromatic rings. The highest BCUT2D eigenvalue weighted by atomic mass is 32.2. The van der Waals surface area contributed by atoms with E-state index in [0.29, 0.717) is 18.7 Å². The van der Waals surface area contributed by atoms with Crippen LogP contribution >= 0.6 is 11.8 Å². The Morgan fingerprint density at radius 1 is 1.19 bits per heavy atom. The molecule has 1 atom stereocenters. The molecular weight excluding hydrogens is 474 g/mol. The van der Waals surface area contributed by atoms with E-state index < -0.39 is 5.60 Å². The van der Waals surface area contributed by atoms with E-state index in [1.165, 1.54) is 0 Å². The maximum Gasteiger partial charge on any atom is 0.410 e. The predicted molar refractivity (Wildman–Crippen MR) is 136 cm³/mol. The molecule has 0 radical (unpaired) electrons. The fourth-order valence-corrected chi connectivity index (χ4v) is 5.29. The van der Waals surface area contributed by atoms with Gasteiger partial charge in [0.25, 0.3) is 0 Å². The van der Waals surface area contributed by atoms with Crippen molar-refractivity contribution in [2.45, 2.75) is 55.0 Å². The number of carbonyl (C=O) groups is 1. The summed E-state index contributed by atoms with van der Waals surface area (Å²) in [5.41, 5.74) is 2.64. The molecule has 1 aliphatic heterocycles. The third-order valence-corrected chi connectivity index (χ3v) is 6.92. The number of likely N-dealkylation sites (tertiary alicyclic amines) is 1. The van der Waals surface area contributed by atoms with Gasteiger partial charge in [0, 0.05) is 58.8 Å². The number of pyridine rings is 2. The number of hydrogen-bond acceptors (Lipinski definition) is 7. The van der Waals surface area contributed by atoms with Crippen molar-refractivity contribution in [3.05, 3.63) is 60.9 Å². The summed E-state index contributed by atoms with van der Waals surface area (Å²) >= 11 is 1.54. The van der Waals surface area contributed by atoms with Crippen LogP contribution in [0.4, 0.5) is 4.79 Å². The van der Waals surface area contributed by atoms with Crippen LogP contribution in [0.1, 0.15) is 45.2 Å². The second-order valence-corrected chi connectivity index (χ2v) is 10.9. The van der Waals surface area contributed by atoms with Crippen molar-refractivity contribution in [2.75, 3.05) is 13.1 Å². The van der Waals surface area contributed by atoms with Gasteiger partial charge in [-0.3, -0.25) is 9.67 Å². The molecular formula is C26H27N7O2S. The summed E-state index contributed by atoms with van der Waals surface area (Å²) in [6.07, 6.45) is 12.4. The summed E-state index contributed by atoms with van der Waals surface area (Å²) in [6.45, 7) is 6.88. The predicted octanol–water partition coefficient (Wildman–Crippen LogP) is 5.19. The number of carbonyl (C=O) groups excluding carboxylic acids is 1. The Bertz CT molecular complexity index is 1430. The quantitative estimate of drug-likeness (QED) is 0.379. The van der Waals surface area contributed by atoms with Gasteiger partial charge in [0.05, 0.1) is 29.5 Å². The van der Waals surface area contributed by atoms with Gasteiger partial charge < -0.3 is 9.64 Å². The topological polar surface area (TPSA) is 101 Å². The second-order valence-electron chi connectivity index (χ2n) is 9.78. The lowest BCUT2D eigenvalue weighted by molar-refractivity contribution is 0.0167. The first-order valence-corrected chi connectivity index (χ1v) is 12.6. The highest BCUT2D eigenvalue weighted by Crippen LogP contribution is 2.35. The summed E-state index contributed by atoms with van der Waals surface area (Å²) in [6, 6.07) is 8.25. The minimum Gasteiger partial charge on any atom is -0.444 e. The summed E-state index contributed by atoms with van der Waals surface area (Å²) in [7, 11) is 0. The van der Waals surface area contributed by atoms with Crippen LogP contribution in [0.2, 0.25) is 0 Å². The number of piperidine rings is 1. The number of ether oxygens (including phenoxy) is 1. The first kappa shape index (κ1) is 23.9. The van der Waals surface area contributed by atoms with Gasteiger partial charge in [-0.25, -0.2) is 9.31 Å². The van der Waals surface area contributed by atoms with E-state index in [9.17, 15) is 10.1 Å². The Morgan fingerprint density at radius 3 is 2.81 bits per heavy atom. The number of nitrogens with zero attached hydrogens (tertiary/aromatic N) is 7. The van der Waals surface area contributed by atoms with E-state index in [2.05, 4.69) is 27.3 Å². The number of nitriles is 1. The van der Waals surface area contributed by atoms with E-state index in [0.717, 1.165) is 39.3 Å². The fraction of sp³-hybridized carbons (Fsp3) is 0.346. The van der Waals surface area contributed by atoms with E-state index in [1.807, 2.05) is 56.2 Å². The highest BCUT2D eigenvalue weighted by Gasteiger charge is 2.29. The lowest BCUT2D eigenvalue weighted by atomic mass is 10.1. The fourth-order valence-electron chi connectivity index (χ4n) is 4.29. The molecule has 9 nitrogen and oxygen atoms in total. The largest absolute Gasteiger partial charge is 0.444 e. The van der Waals surface area contributed by atoms with Gasteiger partial charge in [-0.1, -0.05) is 11.8 Å². The van der Waals surface area contributed by atoms with E-state index in [-0.39, 0.29) is 12.1 Å². The Balaban J connectivity index is 1.43. The van der Waals surface area contributed by atoms with Gasteiger partial charge in [0.1, 0.15) is 11.7 Å². The zero-order valence-electron chi connectivity index (χ0n) is 20.5. The second kappa shape index (κ2) is 9.66. The smallest absolute Gasteiger partial charge is 0.410 e. The molecule has 1 fully saturated rings. The van der Waals surface area contributed by atoms with Gasteiger partial charge in [-0.05, 0) is 51.8 Å². The number of rotatable bonds is 4. The molecule has 5 heterocycles. The molecule has 1 aliphatic rings. The Morgan fingerprint density at radius 2 is 2.06 bits per heavy atom. The zero-order chi connectivity index (χ0) is 25.3. The molecule has 0 aromatic carbocycles. The number of hydrogen-bond donors (Lipinski definition) is 0. The first-order valence-electron chi connectivity index (χ1n) is 11.8. The molecule has 0 aliphatic carbocycles. The van der Waals surface area contributed by atoms with Crippen LogP contribution in [0.15, 0.2) is 65.2 Å². The molecule has 0 saturated carbocycles. The zero-order valence-corrected chi connectivity index (χ0v) is 21.3. The van der Waals surface area contributed by atoms with Crippen LogP contribution in [0, 0.1) is 11.3 Å². The Hall–Kier alpha value is -3.84. The number of fused-ring (bicyclic) bond motifs is 1.